The average Bonchev–Trinajstić information content (AvgIpc) is 3.03. The van der Waals surface area contributed by atoms with Gasteiger partial charge in [-0.2, -0.15) is 0 Å². The molecule has 1 rings (SSSR count). The van der Waals surface area contributed by atoms with Crippen molar-refractivity contribution in [2.75, 3.05) is 26.7 Å². The molecule has 268 valence electrons. The number of carbonyl (C=O) groups excluding carboxylic acids is 1. The zero-order valence-electron chi connectivity index (χ0n) is 30.8. The Morgan fingerprint density at radius 3 is 1.56 bits per heavy atom. The van der Waals surface area contributed by atoms with Gasteiger partial charge in [-0.15, -0.1) is 0 Å². The lowest BCUT2D eigenvalue weighted by molar-refractivity contribution is -0.156. The summed E-state index contributed by atoms with van der Waals surface area (Å²) in [4.78, 5) is 15.3. The maximum Gasteiger partial charge on any atom is 0.309 e. The van der Waals surface area contributed by atoms with Crippen molar-refractivity contribution in [3.05, 3.63) is 0 Å². The predicted molar refractivity (Wildman–Crippen MR) is 193 cm³/mol. The summed E-state index contributed by atoms with van der Waals surface area (Å²) in [7, 11) is 2.14. The molecule has 0 bridgehead atoms. The first-order chi connectivity index (χ1) is 22.0. The maximum atomic E-state index is 12.9. The normalized spacial score (nSPS) is 16.0. The Morgan fingerprint density at radius 1 is 0.622 bits per heavy atom. The molecule has 1 aliphatic rings. The maximum absolute atomic E-state index is 12.9. The van der Waals surface area contributed by atoms with Crippen molar-refractivity contribution >= 4 is 5.97 Å². The summed E-state index contributed by atoms with van der Waals surface area (Å²) in [5.41, 5.74) is 0. The van der Waals surface area contributed by atoms with Crippen LogP contribution in [0.25, 0.3) is 0 Å². The van der Waals surface area contributed by atoms with E-state index in [4.69, 9.17) is 9.47 Å². The van der Waals surface area contributed by atoms with Gasteiger partial charge in [0, 0.05) is 6.61 Å². The van der Waals surface area contributed by atoms with Crippen molar-refractivity contribution in [1.29, 1.82) is 0 Å². The van der Waals surface area contributed by atoms with Crippen molar-refractivity contribution in [3.63, 3.8) is 0 Å². The van der Waals surface area contributed by atoms with Crippen LogP contribution in [-0.2, 0) is 14.3 Å². The molecule has 0 aromatic carbocycles. The van der Waals surface area contributed by atoms with Crippen LogP contribution in [0, 0.1) is 11.8 Å². The second-order valence-electron chi connectivity index (χ2n) is 14.6. The van der Waals surface area contributed by atoms with Gasteiger partial charge in [0.1, 0.15) is 6.10 Å². The van der Waals surface area contributed by atoms with Gasteiger partial charge < -0.3 is 19.5 Å². The van der Waals surface area contributed by atoms with Crippen LogP contribution >= 0.6 is 0 Å². The summed E-state index contributed by atoms with van der Waals surface area (Å²) in [6.45, 7) is 9.53. The number of rotatable bonds is 32. The molecule has 2 atom stereocenters. The Bertz CT molecular complexity index is 626. The van der Waals surface area contributed by atoms with Crippen molar-refractivity contribution < 1.29 is 19.4 Å². The fourth-order valence-corrected chi connectivity index (χ4v) is 6.92. The van der Waals surface area contributed by atoms with Crippen molar-refractivity contribution in [2.45, 2.75) is 213 Å². The van der Waals surface area contributed by atoms with E-state index < -0.39 is 6.29 Å². The van der Waals surface area contributed by atoms with Gasteiger partial charge in [0.2, 0.25) is 0 Å². The number of carbonyl (C=O) groups is 1. The number of aliphatic hydroxyl groups is 1. The van der Waals surface area contributed by atoms with E-state index in [9.17, 15) is 9.90 Å². The number of unbranched alkanes of at least 4 members (excludes halogenated alkanes) is 16. The summed E-state index contributed by atoms with van der Waals surface area (Å²) >= 11 is 0. The monoisotopic (exact) mass is 638 g/mol. The topological polar surface area (TPSA) is 59.0 Å². The van der Waals surface area contributed by atoms with Crippen molar-refractivity contribution in [2.24, 2.45) is 11.8 Å². The van der Waals surface area contributed by atoms with Crippen LogP contribution < -0.4 is 0 Å². The lowest BCUT2D eigenvalue weighted by atomic mass is 9.92. The zero-order chi connectivity index (χ0) is 32.8. The Kier molecular flexibility index (Phi) is 28.9. The van der Waals surface area contributed by atoms with E-state index >= 15 is 0 Å². The largest absolute Gasteiger partial charge is 0.462 e. The minimum absolute atomic E-state index is 0.0666. The van der Waals surface area contributed by atoms with Gasteiger partial charge in [-0.1, -0.05) is 143 Å². The lowest BCUT2D eigenvalue weighted by Gasteiger charge is -2.29. The molecule has 0 aromatic rings. The molecule has 45 heavy (non-hydrogen) atoms. The molecule has 0 saturated carbocycles. The van der Waals surface area contributed by atoms with E-state index in [1.807, 2.05) is 0 Å². The first-order valence-electron chi connectivity index (χ1n) is 20.2. The first kappa shape index (κ1) is 42.4. The van der Waals surface area contributed by atoms with Crippen LogP contribution in [0.5, 0.6) is 0 Å². The molecule has 1 fully saturated rings. The number of aliphatic hydroxyl groups excluding tert-OH is 1. The Hall–Kier alpha value is -0.650. The molecular weight excluding hydrogens is 558 g/mol. The second-order valence-corrected chi connectivity index (χ2v) is 14.6. The Labute approximate surface area is 281 Å². The van der Waals surface area contributed by atoms with Crippen LogP contribution in [0.1, 0.15) is 201 Å². The molecular formula is C40H79NO4. The molecule has 2 unspecified atom stereocenters. The SMILES string of the molecule is CCCCCCCCCCC(CCCCCCCCC(O)OCCC(CCCCC)CCCCC)OC(=O)C1CCN(C)CC1. The summed E-state index contributed by atoms with van der Waals surface area (Å²) in [5.74, 6) is 0.921. The third-order valence-electron chi connectivity index (χ3n) is 10.2. The molecule has 5 nitrogen and oxygen atoms in total. The van der Waals surface area contributed by atoms with E-state index in [1.54, 1.807) is 0 Å². The van der Waals surface area contributed by atoms with Crippen LogP contribution in [0.3, 0.4) is 0 Å². The molecule has 0 radical (unpaired) electrons. The molecule has 5 heteroatoms. The van der Waals surface area contributed by atoms with E-state index in [-0.39, 0.29) is 18.0 Å². The number of piperidine rings is 1. The van der Waals surface area contributed by atoms with Crippen LogP contribution in [-0.4, -0.2) is 55.1 Å². The molecule has 0 amide bonds. The average molecular weight is 638 g/mol. The molecule has 0 aromatic heterocycles. The quantitative estimate of drug-likeness (QED) is 0.0452. The third kappa shape index (κ3) is 25.1. The molecule has 1 N–H and O–H groups in total. The van der Waals surface area contributed by atoms with Gasteiger partial charge in [0.25, 0.3) is 0 Å². The van der Waals surface area contributed by atoms with E-state index in [0.717, 1.165) is 76.8 Å². The first-order valence-corrected chi connectivity index (χ1v) is 20.2. The third-order valence-corrected chi connectivity index (χ3v) is 10.2. The van der Waals surface area contributed by atoms with Gasteiger partial charge in [0.15, 0.2) is 6.29 Å². The summed E-state index contributed by atoms with van der Waals surface area (Å²) < 4.78 is 12.0. The van der Waals surface area contributed by atoms with Gasteiger partial charge in [0.05, 0.1) is 5.92 Å². The van der Waals surface area contributed by atoms with Gasteiger partial charge in [-0.05, 0) is 83.8 Å². The van der Waals surface area contributed by atoms with Crippen LogP contribution in [0.15, 0.2) is 0 Å². The molecule has 1 saturated heterocycles. The smallest absolute Gasteiger partial charge is 0.309 e. The number of hydrogen-bond donors (Lipinski definition) is 1. The predicted octanol–water partition coefficient (Wildman–Crippen LogP) is 11.4. The summed E-state index contributed by atoms with van der Waals surface area (Å²) in [6.07, 6.45) is 33.3. The highest BCUT2D eigenvalue weighted by Crippen LogP contribution is 2.24. The van der Waals surface area contributed by atoms with Gasteiger partial charge >= 0.3 is 5.97 Å². The van der Waals surface area contributed by atoms with E-state index in [1.165, 1.54) is 122 Å². The summed E-state index contributed by atoms with van der Waals surface area (Å²) in [5, 5.41) is 10.4. The second kappa shape index (κ2) is 30.7. The Morgan fingerprint density at radius 2 is 1.04 bits per heavy atom. The number of nitrogens with zero attached hydrogens (tertiary/aromatic N) is 1. The highest BCUT2D eigenvalue weighted by molar-refractivity contribution is 5.72. The molecule has 0 aliphatic carbocycles. The number of ether oxygens (including phenoxy) is 2. The Balaban J connectivity index is 2.21. The van der Waals surface area contributed by atoms with Gasteiger partial charge in [-0.3, -0.25) is 4.79 Å². The number of esters is 1. The number of hydrogen-bond acceptors (Lipinski definition) is 5. The van der Waals surface area contributed by atoms with Crippen molar-refractivity contribution in [1.82, 2.24) is 4.90 Å². The highest BCUT2D eigenvalue weighted by atomic mass is 16.6. The highest BCUT2D eigenvalue weighted by Gasteiger charge is 2.26. The lowest BCUT2D eigenvalue weighted by Crippen LogP contribution is -2.35. The number of likely N-dealkylation sites (tertiary alicyclic amines) is 1. The standard InChI is InChI=1S/C40H79NO4/c1-5-8-11-12-13-14-17-22-27-38(45-40(43)37-30-33-41(4)34-31-37)28-23-18-15-16-19-24-29-39(42)44-35-32-36(25-20-9-6-2)26-21-10-7-3/h36-39,42H,5-35H2,1-4H3. The van der Waals surface area contributed by atoms with Crippen molar-refractivity contribution in [3.8, 4) is 0 Å². The fraction of sp³-hybridized carbons (Fsp3) is 0.975. The van der Waals surface area contributed by atoms with Gasteiger partial charge in [-0.25, -0.2) is 0 Å². The summed E-state index contributed by atoms with van der Waals surface area (Å²) in [6, 6.07) is 0. The molecule has 1 aliphatic heterocycles. The van der Waals surface area contributed by atoms with E-state index in [2.05, 4.69) is 32.7 Å². The minimum Gasteiger partial charge on any atom is -0.462 e. The van der Waals surface area contributed by atoms with Crippen LogP contribution in [0.4, 0.5) is 0 Å². The molecule has 0 spiro atoms. The minimum atomic E-state index is -0.603. The van der Waals surface area contributed by atoms with Crippen LogP contribution in [0.2, 0.25) is 0 Å². The fourth-order valence-electron chi connectivity index (χ4n) is 6.92. The molecule has 1 heterocycles. The van der Waals surface area contributed by atoms with E-state index in [0.29, 0.717) is 6.61 Å². The zero-order valence-corrected chi connectivity index (χ0v) is 30.8.